The van der Waals surface area contributed by atoms with Crippen molar-refractivity contribution in [3.05, 3.63) is 65.0 Å². The van der Waals surface area contributed by atoms with Crippen LogP contribution in [-0.2, 0) is 0 Å². The van der Waals surface area contributed by atoms with Crippen LogP contribution in [-0.4, -0.2) is 12.4 Å². The Kier molecular flexibility index (Phi) is 4.51. The van der Waals surface area contributed by atoms with Crippen molar-refractivity contribution in [1.29, 1.82) is 0 Å². The maximum Gasteiger partial charge on any atom is 0.193 e. The summed E-state index contributed by atoms with van der Waals surface area (Å²) in [4.78, 5) is 12.4. The lowest BCUT2D eigenvalue weighted by Gasteiger charge is -2.07. The number of benzene rings is 2. The summed E-state index contributed by atoms with van der Waals surface area (Å²) < 4.78 is 18.7. The van der Waals surface area contributed by atoms with Gasteiger partial charge in [0, 0.05) is 11.1 Å². The van der Waals surface area contributed by atoms with E-state index >= 15 is 0 Å². The third kappa shape index (κ3) is 3.23. The number of aryl methyl sites for hydroxylation is 1. The summed E-state index contributed by atoms with van der Waals surface area (Å²) in [6, 6.07) is 11.5. The predicted molar refractivity (Wildman–Crippen MR) is 76.8 cm³/mol. The number of carbonyl (C=O) groups is 1. The van der Waals surface area contributed by atoms with Crippen LogP contribution in [0.5, 0.6) is 5.75 Å². The molecule has 0 aliphatic carbocycles. The lowest BCUT2D eigenvalue weighted by Crippen LogP contribution is -2.03. The molecule has 0 saturated carbocycles. The molecule has 0 heterocycles. The average molecular weight is 272 g/mol. The number of carbonyl (C=O) groups excluding carboxylic acids is 1. The molecule has 20 heavy (non-hydrogen) atoms. The van der Waals surface area contributed by atoms with E-state index in [2.05, 4.69) is 0 Å². The molecule has 0 atom stereocenters. The van der Waals surface area contributed by atoms with E-state index in [1.54, 1.807) is 31.2 Å². The molecule has 0 unspecified atom stereocenters. The minimum Gasteiger partial charge on any atom is -0.494 e. The van der Waals surface area contributed by atoms with E-state index in [9.17, 15) is 9.18 Å². The summed E-state index contributed by atoms with van der Waals surface area (Å²) in [6.07, 6.45) is 0.912. The molecule has 0 amide bonds. The van der Waals surface area contributed by atoms with Gasteiger partial charge in [-0.15, -0.1) is 0 Å². The molecular formula is C17H17FO2. The standard InChI is InChI=1S/C17H17FO2/c1-3-9-20-15-6-4-5-13(11-15)17(19)14-7-8-16(18)12(2)10-14/h4-8,10-11H,3,9H2,1-2H3. The van der Waals surface area contributed by atoms with Crippen molar-refractivity contribution in [3.63, 3.8) is 0 Å². The topological polar surface area (TPSA) is 26.3 Å². The number of rotatable bonds is 5. The second kappa shape index (κ2) is 6.33. The van der Waals surface area contributed by atoms with Gasteiger partial charge in [0.1, 0.15) is 11.6 Å². The summed E-state index contributed by atoms with van der Waals surface area (Å²) in [7, 11) is 0. The summed E-state index contributed by atoms with van der Waals surface area (Å²) in [5, 5.41) is 0. The molecule has 2 rings (SSSR count). The molecule has 2 aromatic rings. The summed E-state index contributed by atoms with van der Waals surface area (Å²) in [6.45, 7) is 4.29. The summed E-state index contributed by atoms with van der Waals surface area (Å²) in [5.74, 6) is 0.244. The maximum atomic E-state index is 13.2. The fourth-order valence-electron chi connectivity index (χ4n) is 1.90. The van der Waals surface area contributed by atoms with E-state index in [0.717, 1.165) is 6.42 Å². The first kappa shape index (κ1) is 14.3. The molecular weight excluding hydrogens is 255 g/mol. The smallest absolute Gasteiger partial charge is 0.193 e. The Hall–Kier alpha value is -2.16. The molecule has 0 fully saturated rings. The molecule has 0 saturated heterocycles. The third-order valence-electron chi connectivity index (χ3n) is 2.99. The highest BCUT2D eigenvalue weighted by Gasteiger charge is 2.11. The van der Waals surface area contributed by atoms with Crippen molar-refractivity contribution >= 4 is 5.78 Å². The lowest BCUT2D eigenvalue weighted by molar-refractivity contribution is 0.103. The molecule has 0 aliphatic heterocycles. The lowest BCUT2D eigenvalue weighted by atomic mass is 10.0. The molecule has 2 nitrogen and oxygen atoms in total. The van der Waals surface area contributed by atoms with Gasteiger partial charge in [-0.3, -0.25) is 4.79 Å². The third-order valence-corrected chi connectivity index (χ3v) is 2.99. The fourth-order valence-corrected chi connectivity index (χ4v) is 1.90. The molecule has 104 valence electrons. The van der Waals surface area contributed by atoms with Gasteiger partial charge in [-0.25, -0.2) is 4.39 Å². The van der Waals surface area contributed by atoms with Crippen molar-refractivity contribution in [1.82, 2.24) is 0 Å². The van der Waals surface area contributed by atoms with Crippen LogP contribution in [0, 0.1) is 12.7 Å². The monoisotopic (exact) mass is 272 g/mol. The maximum absolute atomic E-state index is 13.2. The Balaban J connectivity index is 2.26. The van der Waals surface area contributed by atoms with E-state index in [-0.39, 0.29) is 11.6 Å². The first-order valence-corrected chi connectivity index (χ1v) is 6.65. The normalized spacial score (nSPS) is 10.3. The molecule has 0 spiro atoms. The van der Waals surface area contributed by atoms with Crippen LogP contribution < -0.4 is 4.74 Å². The zero-order valence-electron chi connectivity index (χ0n) is 11.7. The van der Waals surface area contributed by atoms with Crippen molar-refractivity contribution < 1.29 is 13.9 Å². The summed E-state index contributed by atoms with van der Waals surface area (Å²) >= 11 is 0. The molecule has 0 aliphatic rings. The van der Waals surface area contributed by atoms with Gasteiger partial charge < -0.3 is 4.74 Å². The first-order valence-electron chi connectivity index (χ1n) is 6.65. The highest BCUT2D eigenvalue weighted by atomic mass is 19.1. The molecule has 0 bridgehead atoms. The van der Waals surface area contributed by atoms with Crippen LogP contribution in [0.3, 0.4) is 0 Å². The number of hydrogen-bond donors (Lipinski definition) is 0. The SMILES string of the molecule is CCCOc1cccc(C(=O)c2ccc(F)c(C)c2)c1. The molecule has 0 aromatic heterocycles. The summed E-state index contributed by atoms with van der Waals surface area (Å²) in [5.41, 5.74) is 1.50. The second-order valence-corrected chi connectivity index (χ2v) is 4.67. The fraction of sp³-hybridized carbons (Fsp3) is 0.235. The number of halogens is 1. The van der Waals surface area contributed by atoms with E-state index in [1.807, 2.05) is 13.0 Å². The highest BCUT2D eigenvalue weighted by Crippen LogP contribution is 2.18. The number of ketones is 1. The van der Waals surface area contributed by atoms with Gasteiger partial charge in [-0.2, -0.15) is 0 Å². The van der Waals surface area contributed by atoms with E-state index in [1.165, 1.54) is 12.1 Å². The predicted octanol–water partition coefficient (Wildman–Crippen LogP) is 4.15. The van der Waals surface area contributed by atoms with Gasteiger partial charge in [0.2, 0.25) is 0 Å². The minimum atomic E-state index is -0.304. The van der Waals surface area contributed by atoms with Crippen molar-refractivity contribution in [2.45, 2.75) is 20.3 Å². The van der Waals surface area contributed by atoms with E-state index < -0.39 is 0 Å². The van der Waals surface area contributed by atoms with Crippen molar-refractivity contribution in [2.75, 3.05) is 6.61 Å². The second-order valence-electron chi connectivity index (χ2n) is 4.67. The van der Waals surface area contributed by atoms with Crippen LogP contribution in [0.25, 0.3) is 0 Å². The first-order chi connectivity index (χ1) is 9.61. The van der Waals surface area contributed by atoms with E-state index in [4.69, 9.17) is 4.74 Å². The molecule has 0 N–H and O–H groups in total. The number of ether oxygens (including phenoxy) is 1. The van der Waals surface area contributed by atoms with Gasteiger partial charge in [0.25, 0.3) is 0 Å². The molecule has 3 heteroatoms. The molecule has 2 aromatic carbocycles. The quantitative estimate of drug-likeness (QED) is 0.764. The van der Waals surface area contributed by atoms with Crippen molar-refractivity contribution in [2.24, 2.45) is 0 Å². The van der Waals surface area contributed by atoms with Crippen LogP contribution in [0.2, 0.25) is 0 Å². The largest absolute Gasteiger partial charge is 0.494 e. The zero-order valence-corrected chi connectivity index (χ0v) is 11.7. The van der Waals surface area contributed by atoms with Gasteiger partial charge >= 0.3 is 0 Å². The van der Waals surface area contributed by atoms with Gasteiger partial charge in [-0.05, 0) is 49.2 Å². The number of hydrogen-bond acceptors (Lipinski definition) is 2. The van der Waals surface area contributed by atoms with Crippen LogP contribution in [0.15, 0.2) is 42.5 Å². The highest BCUT2D eigenvalue weighted by molar-refractivity contribution is 6.09. The Morgan fingerprint density at radius 3 is 2.60 bits per heavy atom. The minimum absolute atomic E-state index is 0.130. The molecule has 0 radical (unpaired) electrons. The zero-order chi connectivity index (χ0) is 14.5. The van der Waals surface area contributed by atoms with Crippen LogP contribution >= 0.6 is 0 Å². The van der Waals surface area contributed by atoms with Gasteiger partial charge in [0.05, 0.1) is 6.61 Å². The van der Waals surface area contributed by atoms with E-state index in [0.29, 0.717) is 29.0 Å². The Labute approximate surface area is 118 Å². The van der Waals surface area contributed by atoms with Gasteiger partial charge in [0.15, 0.2) is 5.78 Å². The average Bonchev–Trinajstić information content (AvgIpc) is 2.47. The van der Waals surface area contributed by atoms with Crippen LogP contribution in [0.4, 0.5) is 4.39 Å². The Morgan fingerprint density at radius 2 is 1.90 bits per heavy atom. The Bertz CT molecular complexity index is 620. The van der Waals surface area contributed by atoms with Crippen molar-refractivity contribution in [3.8, 4) is 5.75 Å². The van der Waals surface area contributed by atoms with Gasteiger partial charge in [-0.1, -0.05) is 19.1 Å². The van der Waals surface area contributed by atoms with Crippen LogP contribution in [0.1, 0.15) is 34.8 Å². The Morgan fingerprint density at radius 1 is 1.15 bits per heavy atom.